The van der Waals surface area contributed by atoms with Gasteiger partial charge in [-0.25, -0.2) is 9.65 Å². The van der Waals surface area contributed by atoms with Crippen LogP contribution in [0.1, 0.15) is 26.7 Å². The van der Waals surface area contributed by atoms with Crippen molar-refractivity contribution in [3.8, 4) is 0 Å². The molecule has 10 heavy (non-hydrogen) atoms. The highest BCUT2D eigenvalue weighted by atomic mass is 31.2. The maximum atomic E-state index is 10.3. The second-order valence-corrected chi connectivity index (χ2v) is 3.71. The van der Waals surface area contributed by atoms with Crippen molar-refractivity contribution in [2.24, 2.45) is 0 Å². The third kappa shape index (κ3) is 6.23. The fraction of sp³-hybridized carbons (Fsp3) is 1.00. The lowest BCUT2D eigenvalue weighted by Crippen LogP contribution is -2.22. The van der Waals surface area contributed by atoms with Gasteiger partial charge in [0.2, 0.25) is 0 Å². The Bertz CT molecular complexity index is 133. The summed E-state index contributed by atoms with van der Waals surface area (Å²) < 4.78 is 10.3. The number of hydrogen-bond acceptors (Lipinski definition) is 1. The number of nitrogens with one attached hydrogen (secondary N) is 1. The summed E-state index contributed by atoms with van der Waals surface area (Å²) in [6.45, 7) is 3.72. The van der Waals surface area contributed by atoms with Crippen LogP contribution in [0.15, 0.2) is 0 Å². The summed E-state index contributed by atoms with van der Waals surface area (Å²) in [5.74, 6) is 0. The maximum Gasteiger partial charge on any atom is 0.400 e. The van der Waals surface area contributed by atoms with Crippen LogP contribution in [-0.4, -0.2) is 15.8 Å². The molecule has 3 N–H and O–H groups in total. The Hall–Kier alpha value is 0.110. The zero-order chi connectivity index (χ0) is 8.20. The first-order valence-electron chi connectivity index (χ1n) is 3.29. The molecule has 0 aromatic carbocycles. The lowest BCUT2D eigenvalue weighted by Gasteiger charge is -2.12. The van der Waals surface area contributed by atoms with Crippen molar-refractivity contribution in [3.63, 3.8) is 0 Å². The molecule has 0 aromatic heterocycles. The smallest absolute Gasteiger partial charge is 0.313 e. The Labute approximate surface area is 60.9 Å². The van der Waals surface area contributed by atoms with E-state index < -0.39 is 7.75 Å². The molecule has 0 heterocycles. The van der Waals surface area contributed by atoms with Gasteiger partial charge in [0.1, 0.15) is 0 Å². The molecule has 1 unspecified atom stereocenters. The average molecular weight is 167 g/mol. The number of hydrogen-bond donors (Lipinski definition) is 3. The van der Waals surface area contributed by atoms with E-state index in [-0.39, 0.29) is 6.04 Å². The van der Waals surface area contributed by atoms with E-state index in [2.05, 4.69) is 5.09 Å². The van der Waals surface area contributed by atoms with E-state index in [0.29, 0.717) is 0 Å². The van der Waals surface area contributed by atoms with Crippen LogP contribution in [0.2, 0.25) is 0 Å². The molecule has 62 valence electrons. The minimum atomic E-state index is -4.00. The van der Waals surface area contributed by atoms with Crippen LogP contribution in [-0.2, 0) is 4.57 Å². The predicted octanol–water partition coefficient (Wildman–Crippen LogP) is 0.857. The summed E-state index contributed by atoms with van der Waals surface area (Å²) in [5.41, 5.74) is 0. The monoisotopic (exact) mass is 167 g/mol. The molecule has 0 aliphatic rings. The standard InChI is InChI=1S/C5H14NO3P/c1-3-4-5(2)6-10(7,8)9/h5H,3-4H2,1-2H3,(H3,6,7,8,9). The van der Waals surface area contributed by atoms with Crippen LogP contribution in [0.25, 0.3) is 0 Å². The molecule has 1 atom stereocenters. The van der Waals surface area contributed by atoms with Crippen molar-refractivity contribution in [1.29, 1.82) is 0 Å². The second-order valence-electron chi connectivity index (χ2n) is 2.36. The van der Waals surface area contributed by atoms with Crippen molar-refractivity contribution >= 4 is 7.75 Å². The molecule has 0 bridgehead atoms. The molecule has 0 rings (SSSR count). The van der Waals surface area contributed by atoms with Gasteiger partial charge in [-0.05, 0) is 13.3 Å². The van der Waals surface area contributed by atoms with Crippen LogP contribution in [0.3, 0.4) is 0 Å². The largest absolute Gasteiger partial charge is 0.400 e. The minimum absolute atomic E-state index is 0.106. The molecule has 0 fully saturated rings. The minimum Gasteiger partial charge on any atom is -0.313 e. The van der Waals surface area contributed by atoms with Crippen molar-refractivity contribution in [2.45, 2.75) is 32.7 Å². The van der Waals surface area contributed by atoms with Gasteiger partial charge in [-0.1, -0.05) is 13.3 Å². The highest BCUT2D eigenvalue weighted by Gasteiger charge is 2.14. The number of rotatable bonds is 4. The van der Waals surface area contributed by atoms with Gasteiger partial charge in [0, 0.05) is 6.04 Å². The molecule has 0 aliphatic carbocycles. The summed E-state index contributed by atoms with van der Waals surface area (Å²) in [6.07, 6.45) is 1.71. The van der Waals surface area contributed by atoms with Gasteiger partial charge in [-0.3, -0.25) is 0 Å². The van der Waals surface area contributed by atoms with E-state index >= 15 is 0 Å². The first kappa shape index (κ1) is 10.1. The van der Waals surface area contributed by atoms with Gasteiger partial charge in [0.25, 0.3) is 0 Å². The molecule has 5 heteroatoms. The van der Waals surface area contributed by atoms with E-state index in [9.17, 15) is 4.57 Å². The molecular formula is C5H14NO3P. The van der Waals surface area contributed by atoms with Gasteiger partial charge in [0.15, 0.2) is 0 Å². The Morgan fingerprint density at radius 3 is 2.40 bits per heavy atom. The zero-order valence-electron chi connectivity index (χ0n) is 6.24. The van der Waals surface area contributed by atoms with E-state index in [4.69, 9.17) is 9.79 Å². The van der Waals surface area contributed by atoms with Gasteiger partial charge < -0.3 is 9.79 Å². The first-order chi connectivity index (χ1) is 4.45. The van der Waals surface area contributed by atoms with Gasteiger partial charge in [-0.2, -0.15) is 0 Å². The zero-order valence-corrected chi connectivity index (χ0v) is 7.14. The molecule has 0 radical (unpaired) electrons. The molecular weight excluding hydrogens is 153 g/mol. The van der Waals surface area contributed by atoms with E-state index in [1.165, 1.54) is 0 Å². The normalized spacial score (nSPS) is 15.2. The summed E-state index contributed by atoms with van der Waals surface area (Å²) in [4.78, 5) is 16.8. The molecule has 0 saturated carbocycles. The van der Waals surface area contributed by atoms with Gasteiger partial charge >= 0.3 is 7.75 Å². The van der Waals surface area contributed by atoms with Crippen molar-refractivity contribution < 1.29 is 14.4 Å². The van der Waals surface area contributed by atoms with Crippen LogP contribution in [0, 0.1) is 0 Å². The molecule has 0 spiro atoms. The van der Waals surface area contributed by atoms with E-state index in [1.54, 1.807) is 6.92 Å². The molecule has 0 aromatic rings. The Morgan fingerprint density at radius 1 is 1.60 bits per heavy atom. The van der Waals surface area contributed by atoms with E-state index in [0.717, 1.165) is 12.8 Å². The molecule has 0 aliphatic heterocycles. The quantitative estimate of drug-likeness (QED) is 0.543. The molecule has 0 amide bonds. The SMILES string of the molecule is CCCC(C)NP(=O)(O)O. The van der Waals surface area contributed by atoms with Crippen LogP contribution in [0.4, 0.5) is 0 Å². The second kappa shape index (κ2) is 4.09. The van der Waals surface area contributed by atoms with Crippen LogP contribution >= 0.6 is 7.75 Å². The summed E-state index contributed by atoms with van der Waals surface area (Å²) in [5, 5.41) is 2.19. The lowest BCUT2D eigenvalue weighted by atomic mass is 10.2. The lowest BCUT2D eigenvalue weighted by molar-refractivity contribution is 0.346. The van der Waals surface area contributed by atoms with Crippen LogP contribution < -0.4 is 5.09 Å². The predicted molar refractivity (Wildman–Crippen MR) is 39.5 cm³/mol. The Morgan fingerprint density at radius 2 is 2.10 bits per heavy atom. The highest BCUT2D eigenvalue weighted by molar-refractivity contribution is 7.49. The molecule has 0 saturated heterocycles. The fourth-order valence-corrected chi connectivity index (χ4v) is 1.49. The van der Waals surface area contributed by atoms with Gasteiger partial charge in [0.05, 0.1) is 0 Å². The van der Waals surface area contributed by atoms with Crippen molar-refractivity contribution in [2.75, 3.05) is 0 Å². The third-order valence-electron chi connectivity index (χ3n) is 1.11. The Kier molecular flexibility index (Phi) is 4.13. The van der Waals surface area contributed by atoms with E-state index in [1.807, 2.05) is 6.92 Å². The topological polar surface area (TPSA) is 69.6 Å². The van der Waals surface area contributed by atoms with Gasteiger partial charge in [-0.15, -0.1) is 0 Å². The third-order valence-corrected chi connectivity index (χ3v) is 1.89. The van der Waals surface area contributed by atoms with Crippen molar-refractivity contribution in [3.05, 3.63) is 0 Å². The van der Waals surface area contributed by atoms with Crippen LogP contribution in [0.5, 0.6) is 0 Å². The first-order valence-corrected chi connectivity index (χ1v) is 4.90. The fourth-order valence-electron chi connectivity index (χ4n) is 0.785. The molecule has 4 nitrogen and oxygen atoms in total. The average Bonchev–Trinajstić information content (AvgIpc) is 1.59. The maximum absolute atomic E-state index is 10.3. The Balaban J connectivity index is 3.58. The highest BCUT2D eigenvalue weighted by Crippen LogP contribution is 2.29. The van der Waals surface area contributed by atoms with Crippen molar-refractivity contribution in [1.82, 2.24) is 5.09 Å². The summed E-state index contributed by atoms with van der Waals surface area (Å²) >= 11 is 0. The summed E-state index contributed by atoms with van der Waals surface area (Å²) in [7, 11) is -4.00. The summed E-state index contributed by atoms with van der Waals surface area (Å²) in [6, 6.07) is -0.106.